The number of ether oxygens (including phenoxy) is 2. The summed E-state index contributed by atoms with van der Waals surface area (Å²) in [4.78, 5) is 20.9. The standard InChI is InChI=1S/C17H18N4O6/c1-3-26-16-10-12(9-15(21(24)25)17(16)27-4-2)11-18-19-13-5-7-14(8-6-13)20(22)23/h5-11,19H,3-4H2,1-2H3/b18-11+. The molecule has 0 aromatic heterocycles. The molecule has 2 aromatic rings. The van der Waals surface area contributed by atoms with Gasteiger partial charge in [-0.05, 0) is 32.0 Å². The third kappa shape index (κ3) is 5.14. The Balaban J connectivity index is 2.25. The van der Waals surface area contributed by atoms with Gasteiger partial charge in [0.1, 0.15) is 0 Å². The number of nitro groups is 2. The highest BCUT2D eigenvalue weighted by atomic mass is 16.6. The van der Waals surface area contributed by atoms with Crippen molar-refractivity contribution < 1.29 is 19.3 Å². The van der Waals surface area contributed by atoms with Crippen molar-refractivity contribution in [3.05, 3.63) is 62.2 Å². The Kier molecular flexibility index (Phi) is 6.64. The lowest BCUT2D eigenvalue weighted by atomic mass is 10.2. The van der Waals surface area contributed by atoms with E-state index in [0.717, 1.165) is 0 Å². The molecule has 0 aliphatic carbocycles. The lowest BCUT2D eigenvalue weighted by molar-refractivity contribution is -0.386. The van der Waals surface area contributed by atoms with E-state index in [-0.39, 0.29) is 29.5 Å². The van der Waals surface area contributed by atoms with Gasteiger partial charge in [0.2, 0.25) is 5.75 Å². The second kappa shape index (κ2) is 9.13. The Morgan fingerprint density at radius 2 is 1.70 bits per heavy atom. The summed E-state index contributed by atoms with van der Waals surface area (Å²) >= 11 is 0. The summed E-state index contributed by atoms with van der Waals surface area (Å²) in [6, 6.07) is 8.60. The number of nitrogens with zero attached hydrogens (tertiary/aromatic N) is 3. The van der Waals surface area contributed by atoms with E-state index in [1.165, 1.54) is 36.5 Å². The van der Waals surface area contributed by atoms with Crippen molar-refractivity contribution in [2.75, 3.05) is 18.6 Å². The van der Waals surface area contributed by atoms with E-state index < -0.39 is 9.85 Å². The predicted molar refractivity (Wildman–Crippen MR) is 99.7 cm³/mol. The van der Waals surface area contributed by atoms with Crippen molar-refractivity contribution in [1.29, 1.82) is 0 Å². The summed E-state index contributed by atoms with van der Waals surface area (Å²) in [6.45, 7) is 4.07. The Labute approximate surface area is 154 Å². The molecule has 0 aliphatic heterocycles. The number of anilines is 1. The number of hydrogen-bond acceptors (Lipinski definition) is 8. The predicted octanol–water partition coefficient (Wildman–Crippen LogP) is 3.75. The van der Waals surface area contributed by atoms with Crippen LogP contribution < -0.4 is 14.9 Å². The average molecular weight is 374 g/mol. The number of hydrogen-bond donors (Lipinski definition) is 1. The molecule has 2 rings (SSSR count). The molecule has 10 heteroatoms. The van der Waals surface area contributed by atoms with Gasteiger partial charge in [0.15, 0.2) is 5.75 Å². The fourth-order valence-electron chi connectivity index (χ4n) is 2.21. The molecule has 0 fully saturated rings. The maximum Gasteiger partial charge on any atom is 0.315 e. The monoisotopic (exact) mass is 374 g/mol. The van der Waals surface area contributed by atoms with Crippen molar-refractivity contribution in [2.45, 2.75) is 13.8 Å². The zero-order valence-corrected chi connectivity index (χ0v) is 14.7. The van der Waals surface area contributed by atoms with Crippen LogP contribution in [0.15, 0.2) is 41.5 Å². The average Bonchev–Trinajstić information content (AvgIpc) is 2.64. The lowest BCUT2D eigenvalue weighted by Crippen LogP contribution is -2.03. The first-order valence-electron chi connectivity index (χ1n) is 8.07. The van der Waals surface area contributed by atoms with Gasteiger partial charge in [-0.15, -0.1) is 0 Å². The second-order valence-corrected chi connectivity index (χ2v) is 5.16. The second-order valence-electron chi connectivity index (χ2n) is 5.16. The van der Waals surface area contributed by atoms with E-state index in [0.29, 0.717) is 17.9 Å². The zero-order chi connectivity index (χ0) is 19.8. The van der Waals surface area contributed by atoms with Crippen LogP contribution in [0.4, 0.5) is 17.1 Å². The normalized spacial score (nSPS) is 10.6. The molecule has 0 unspecified atom stereocenters. The van der Waals surface area contributed by atoms with Crippen molar-refractivity contribution >= 4 is 23.3 Å². The molecule has 10 nitrogen and oxygen atoms in total. The van der Waals surface area contributed by atoms with Gasteiger partial charge in [-0.2, -0.15) is 5.10 Å². The highest BCUT2D eigenvalue weighted by Gasteiger charge is 2.22. The molecule has 2 aromatic carbocycles. The third-order valence-electron chi connectivity index (χ3n) is 3.33. The largest absolute Gasteiger partial charge is 0.490 e. The minimum absolute atomic E-state index is 0.0342. The van der Waals surface area contributed by atoms with Crippen LogP contribution in [0, 0.1) is 20.2 Å². The molecular weight excluding hydrogens is 356 g/mol. The first-order valence-corrected chi connectivity index (χ1v) is 8.07. The SMILES string of the molecule is CCOc1cc(/C=N/Nc2ccc([N+](=O)[O-])cc2)cc([N+](=O)[O-])c1OCC. The van der Waals surface area contributed by atoms with E-state index >= 15 is 0 Å². The summed E-state index contributed by atoms with van der Waals surface area (Å²) in [5.41, 5.74) is 3.41. The summed E-state index contributed by atoms with van der Waals surface area (Å²) in [5.74, 6) is 0.329. The smallest absolute Gasteiger partial charge is 0.315 e. The van der Waals surface area contributed by atoms with Gasteiger partial charge in [-0.3, -0.25) is 25.7 Å². The fourth-order valence-corrected chi connectivity index (χ4v) is 2.21. The Bertz CT molecular complexity index is 851. The van der Waals surface area contributed by atoms with Crippen LogP contribution in [-0.2, 0) is 0 Å². The Morgan fingerprint density at radius 1 is 1.04 bits per heavy atom. The van der Waals surface area contributed by atoms with Crippen LogP contribution in [0.1, 0.15) is 19.4 Å². The quantitative estimate of drug-likeness (QED) is 0.402. The van der Waals surface area contributed by atoms with Crippen LogP contribution in [-0.4, -0.2) is 29.3 Å². The molecular formula is C17H18N4O6. The molecule has 0 atom stereocenters. The van der Waals surface area contributed by atoms with Gasteiger partial charge in [-0.25, -0.2) is 0 Å². The summed E-state index contributed by atoms with van der Waals surface area (Å²) < 4.78 is 10.8. The number of non-ortho nitro benzene ring substituents is 1. The lowest BCUT2D eigenvalue weighted by Gasteiger charge is -2.11. The van der Waals surface area contributed by atoms with Crippen LogP contribution >= 0.6 is 0 Å². The molecule has 0 spiro atoms. The van der Waals surface area contributed by atoms with Crippen LogP contribution in [0.5, 0.6) is 11.5 Å². The molecule has 0 heterocycles. The molecule has 0 saturated carbocycles. The van der Waals surface area contributed by atoms with Crippen molar-refractivity contribution in [3.63, 3.8) is 0 Å². The minimum Gasteiger partial charge on any atom is -0.490 e. The van der Waals surface area contributed by atoms with Crippen LogP contribution in [0.3, 0.4) is 0 Å². The van der Waals surface area contributed by atoms with Gasteiger partial charge >= 0.3 is 5.69 Å². The van der Waals surface area contributed by atoms with E-state index in [4.69, 9.17) is 9.47 Å². The van der Waals surface area contributed by atoms with Crippen LogP contribution in [0.2, 0.25) is 0 Å². The van der Waals surface area contributed by atoms with E-state index in [9.17, 15) is 20.2 Å². The maximum absolute atomic E-state index is 11.3. The maximum atomic E-state index is 11.3. The summed E-state index contributed by atoms with van der Waals surface area (Å²) in [6.07, 6.45) is 1.38. The fraction of sp³-hybridized carbons (Fsp3) is 0.235. The molecule has 0 amide bonds. The van der Waals surface area contributed by atoms with Gasteiger partial charge in [-0.1, -0.05) is 0 Å². The molecule has 0 radical (unpaired) electrons. The molecule has 0 saturated heterocycles. The first kappa shape index (κ1) is 19.6. The number of rotatable bonds is 9. The Hall–Kier alpha value is -3.69. The number of nitrogens with one attached hydrogen (secondary N) is 1. The van der Waals surface area contributed by atoms with Gasteiger partial charge in [0.25, 0.3) is 5.69 Å². The zero-order valence-electron chi connectivity index (χ0n) is 14.7. The molecule has 0 aliphatic rings. The van der Waals surface area contributed by atoms with Crippen molar-refractivity contribution in [1.82, 2.24) is 0 Å². The van der Waals surface area contributed by atoms with Gasteiger partial charge < -0.3 is 9.47 Å². The van der Waals surface area contributed by atoms with Crippen molar-refractivity contribution in [2.24, 2.45) is 5.10 Å². The number of hydrazone groups is 1. The molecule has 27 heavy (non-hydrogen) atoms. The minimum atomic E-state index is -0.547. The Morgan fingerprint density at radius 3 is 2.26 bits per heavy atom. The first-order chi connectivity index (χ1) is 13.0. The number of benzene rings is 2. The topological polar surface area (TPSA) is 129 Å². The molecule has 142 valence electrons. The van der Waals surface area contributed by atoms with Crippen molar-refractivity contribution in [3.8, 4) is 11.5 Å². The van der Waals surface area contributed by atoms with E-state index in [2.05, 4.69) is 10.5 Å². The van der Waals surface area contributed by atoms with E-state index in [1.54, 1.807) is 19.9 Å². The van der Waals surface area contributed by atoms with E-state index in [1.807, 2.05) is 0 Å². The molecule has 1 N–H and O–H groups in total. The summed E-state index contributed by atoms with van der Waals surface area (Å²) in [7, 11) is 0. The number of nitro benzene ring substituents is 2. The molecule has 0 bridgehead atoms. The van der Waals surface area contributed by atoms with Crippen LogP contribution in [0.25, 0.3) is 0 Å². The van der Waals surface area contributed by atoms with Gasteiger partial charge in [0.05, 0.1) is 35.0 Å². The van der Waals surface area contributed by atoms with Gasteiger partial charge in [0, 0.05) is 23.8 Å². The highest BCUT2D eigenvalue weighted by molar-refractivity contribution is 5.83. The highest BCUT2D eigenvalue weighted by Crippen LogP contribution is 2.38. The third-order valence-corrected chi connectivity index (χ3v) is 3.33. The summed E-state index contributed by atoms with van der Waals surface area (Å²) in [5, 5.41) is 26.0.